The number of rotatable bonds is 8. The van der Waals surface area contributed by atoms with Crippen LogP contribution in [-0.2, 0) is 14.8 Å². The molecule has 0 bridgehead atoms. The van der Waals surface area contributed by atoms with E-state index in [1.165, 1.54) is 5.57 Å². The SMILES string of the molecule is CCCCC1=C(CCCC)[C@H]2CN(S(=O)(=O)c3ccc(C)cc3)C3CCCC(C1=O)[C@@H]32. The van der Waals surface area contributed by atoms with Crippen molar-refractivity contribution in [2.45, 2.75) is 89.5 Å². The van der Waals surface area contributed by atoms with E-state index in [-0.39, 0.29) is 23.8 Å². The van der Waals surface area contributed by atoms with Crippen molar-refractivity contribution < 1.29 is 13.2 Å². The summed E-state index contributed by atoms with van der Waals surface area (Å²) in [5.74, 6) is 0.740. The molecule has 5 heteroatoms. The lowest BCUT2D eigenvalue weighted by Gasteiger charge is -2.42. The van der Waals surface area contributed by atoms with Crippen LogP contribution in [0.15, 0.2) is 40.3 Å². The van der Waals surface area contributed by atoms with Gasteiger partial charge in [0.15, 0.2) is 5.78 Å². The van der Waals surface area contributed by atoms with Crippen LogP contribution in [0.3, 0.4) is 0 Å². The molecule has 1 aromatic rings. The van der Waals surface area contributed by atoms with Crippen molar-refractivity contribution in [3.8, 4) is 0 Å². The second kappa shape index (κ2) is 9.19. The van der Waals surface area contributed by atoms with Crippen LogP contribution in [0.5, 0.6) is 0 Å². The molecule has 1 heterocycles. The highest BCUT2D eigenvalue weighted by molar-refractivity contribution is 7.89. The van der Waals surface area contributed by atoms with Gasteiger partial charge in [0.2, 0.25) is 10.0 Å². The van der Waals surface area contributed by atoms with Crippen LogP contribution >= 0.6 is 0 Å². The molecule has 1 saturated carbocycles. The lowest BCUT2D eigenvalue weighted by molar-refractivity contribution is -0.123. The molecule has 0 radical (unpaired) electrons. The highest BCUT2D eigenvalue weighted by Gasteiger charge is 2.56. The van der Waals surface area contributed by atoms with Crippen LogP contribution < -0.4 is 0 Å². The predicted molar refractivity (Wildman–Crippen MR) is 124 cm³/mol. The molecule has 0 aromatic heterocycles. The summed E-state index contributed by atoms with van der Waals surface area (Å²) in [6.07, 6.45) is 8.82. The number of ketones is 1. The quantitative estimate of drug-likeness (QED) is 0.521. The van der Waals surface area contributed by atoms with Gasteiger partial charge in [-0.25, -0.2) is 8.42 Å². The Morgan fingerprint density at radius 2 is 1.65 bits per heavy atom. The summed E-state index contributed by atoms with van der Waals surface area (Å²) in [7, 11) is -3.56. The number of carbonyl (C=O) groups is 1. The number of Topliss-reactive ketones (excluding diaryl/α,β-unsaturated/α-hetero) is 1. The van der Waals surface area contributed by atoms with Gasteiger partial charge in [0, 0.05) is 18.5 Å². The first-order valence-corrected chi connectivity index (χ1v) is 13.7. The standard InChI is InChI=1S/C26H37NO3S/c1-4-6-9-20-21(10-7-5-2)26(28)22-11-8-12-24-25(22)23(20)17-27(24)31(29,30)19-15-13-18(3)14-16-19/h13-16,22-25H,4-12,17H2,1-3H3/t22?,23-,24?,25-/m1/s1. The molecule has 2 aliphatic carbocycles. The molecule has 2 unspecified atom stereocenters. The molecule has 1 aliphatic heterocycles. The van der Waals surface area contributed by atoms with Crippen LogP contribution in [-0.4, -0.2) is 31.1 Å². The van der Waals surface area contributed by atoms with Crippen LogP contribution in [0.4, 0.5) is 0 Å². The largest absolute Gasteiger partial charge is 0.294 e. The normalized spacial score (nSPS) is 28.8. The Morgan fingerprint density at radius 1 is 0.968 bits per heavy atom. The maximum atomic E-state index is 13.7. The molecule has 0 amide bonds. The smallest absolute Gasteiger partial charge is 0.243 e. The van der Waals surface area contributed by atoms with Gasteiger partial charge in [0.25, 0.3) is 0 Å². The number of allylic oxidation sites excluding steroid dienone is 1. The van der Waals surface area contributed by atoms with Gasteiger partial charge < -0.3 is 0 Å². The van der Waals surface area contributed by atoms with Gasteiger partial charge in [-0.15, -0.1) is 0 Å². The molecule has 4 rings (SSSR count). The van der Waals surface area contributed by atoms with Crippen LogP contribution in [0.1, 0.15) is 77.2 Å². The summed E-state index contributed by atoms with van der Waals surface area (Å²) in [5, 5.41) is 0. The van der Waals surface area contributed by atoms with Crippen LogP contribution in [0, 0.1) is 24.7 Å². The van der Waals surface area contributed by atoms with Gasteiger partial charge in [0.05, 0.1) is 4.90 Å². The summed E-state index contributed by atoms with van der Waals surface area (Å²) >= 11 is 0. The monoisotopic (exact) mass is 443 g/mol. The zero-order valence-corrected chi connectivity index (χ0v) is 20.1. The molecule has 170 valence electrons. The molecule has 4 atom stereocenters. The molecule has 1 saturated heterocycles. The molecule has 3 aliphatic rings. The Balaban J connectivity index is 1.74. The van der Waals surface area contributed by atoms with Crippen molar-refractivity contribution in [3.63, 3.8) is 0 Å². The Labute approximate surface area is 188 Å². The number of carbonyl (C=O) groups excluding carboxylic acids is 1. The van der Waals surface area contributed by atoms with E-state index >= 15 is 0 Å². The van der Waals surface area contributed by atoms with E-state index in [9.17, 15) is 13.2 Å². The summed E-state index contributed by atoms with van der Waals surface area (Å²) in [5.41, 5.74) is 3.43. The number of hydrogen-bond donors (Lipinski definition) is 0. The Kier molecular flexibility index (Phi) is 6.73. The maximum absolute atomic E-state index is 13.7. The molecule has 0 N–H and O–H groups in total. The minimum absolute atomic E-state index is 0.0131. The predicted octanol–water partition coefficient (Wildman–Crippen LogP) is 5.66. The number of sulfonamides is 1. The highest BCUT2D eigenvalue weighted by atomic mass is 32.2. The van der Waals surface area contributed by atoms with Gasteiger partial charge in [-0.3, -0.25) is 4.79 Å². The molecular formula is C26H37NO3S. The lowest BCUT2D eigenvalue weighted by atomic mass is 9.62. The van der Waals surface area contributed by atoms with Crippen molar-refractivity contribution in [3.05, 3.63) is 41.0 Å². The van der Waals surface area contributed by atoms with Crippen LogP contribution in [0.2, 0.25) is 0 Å². The third kappa shape index (κ3) is 4.04. The summed E-state index contributed by atoms with van der Waals surface area (Å²) < 4.78 is 29.1. The number of hydrogen-bond acceptors (Lipinski definition) is 3. The fourth-order valence-corrected chi connectivity index (χ4v) is 7.96. The minimum Gasteiger partial charge on any atom is -0.294 e. The topological polar surface area (TPSA) is 54.5 Å². The molecule has 31 heavy (non-hydrogen) atoms. The summed E-state index contributed by atoms with van der Waals surface area (Å²) in [6, 6.07) is 7.18. The molecule has 1 aromatic carbocycles. The van der Waals surface area contributed by atoms with Crippen molar-refractivity contribution in [1.29, 1.82) is 0 Å². The number of unbranched alkanes of at least 4 members (excludes halogenated alkanes) is 2. The van der Waals surface area contributed by atoms with E-state index in [1.807, 2.05) is 19.1 Å². The zero-order valence-electron chi connectivity index (χ0n) is 19.3. The van der Waals surface area contributed by atoms with E-state index in [2.05, 4.69) is 13.8 Å². The fourth-order valence-electron chi connectivity index (χ4n) is 6.25. The van der Waals surface area contributed by atoms with Crippen molar-refractivity contribution >= 4 is 15.8 Å². The lowest BCUT2D eigenvalue weighted by Crippen LogP contribution is -2.45. The second-order valence-electron chi connectivity index (χ2n) is 9.75. The zero-order chi connectivity index (χ0) is 22.2. The summed E-state index contributed by atoms with van der Waals surface area (Å²) in [4.78, 5) is 14.0. The first-order chi connectivity index (χ1) is 14.9. The van der Waals surface area contributed by atoms with E-state index in [4.69, 9.17) is 0 Å². The Morgan fingerprint density at radius 3 is 2.32 bits per heavy atom. The number of nitrogens with zero attached hydrogens (tertiary/aromatic N) is 1. The Bertz CT molecular complexity index is 947. The van der Waals surface area contributed by atoms with Gasteiger partial charge in [-0.1, -0.05) is 56.4 Å². The van der Waals surface area contributed by atoms with Gasteiger partial charge >= 0.3 is 0 Å². The third-order valence-corrected chi connectivity index (χ3v) is 9.72. The van der Waals surface area contributed by atoms with E-state index in [0.717, 1.165) is 68.9 Å². The van der Waals surface area contributed by atoms with Crippen molar-refractivity contribution in [2.24, 2.45) is 17.8 Å². The number of benzene rings is 1. The van der Waals surface area contributed by atoms with E-state index < -0.39 is 10.0 Å². The van der Waals surface area contributed by atoms with E-state index in [1.54, 1.807) is 16.4 Å². The van der Waals surface area contributed by atoms with Crippen LogP contribution in [0.25, 0.3) is 0 Å². The molecule has 2 fully saturated rings. The van der Waals surface area contributed by atoms with Gasteiger partial charge in [0.1, 0.15) is 0 Å². The third-order valence-electron chi connectivity index (χ3n) is 7.81. The first-order valence-electron chi connectivity index (χ1n) is 12.2. The fraction of sp³-hybridized carbons (Fsp3) is 0.654. The van der Waals surface area contributed by atoms with Crippen molar-refractivity contribution in [2.75, 3.05) is 6.54 Å². The molecule has 4 nitrogen and oxygen atoms in total. The number of aryl methyl sites for hydroxylation is 1. The van der Waals surface area contributed by atoms with Gasteiger partial charge in [-0.05, 0) is 75.0 Å². The van der Waals surface area contributed by atoms with E-state index in [0.29, 0.717) is 17.2 Å². The summed E-state index contributed by atoms with van der Waals surface area (Å²) in [6.45, 7) is 6.88. The maximum Gasteiger partial charge on any atom is 0.243 e. The Hall–Kier alpha value is -1.46. The first kappa shape index (κ1) is 22.7. The minimum atomic E-state index is -3.56. The average Bonchev–Trinajstić information content (AvgIpc) is 3.16. The van der Waals surface area contributed by atoms with Crippen molar-refractivity contribution in [1.82, 2.24) is 4.31 Å². The highest BCUT2D eigenvalue weighted by Crippen LogP contribution is 2.53. The van der Waals surface area contributed by atoms with Gasteiger partial charge in [-0.2, -0.15) is 4.31 Å². The molecule has 0 spiro atoms. The second-order valence-corrected chi connectivity index (χ2v) is 11.6. The average molecular weight is 444 g/mol. The molecular weight excluding hydrogens is 406 g/mol.